The number of carbonyl (C=O) groups is 1. The van der Waals surface area contributed by atoms with E-state index >= 15 is 0 Å². The molecule has 0 unspecified atom stereocenters. The van der Waals surface area contributed by atoms with Crippen LogP contribution in [0.4, 0.5) is 0 Å². The third kappa shape index (κ3) is 3.37. The van der Waals surface area contributed by atoms with Crippen LogP contribution in [0.25, 0.3) is 5.57 Å². The van der Waals surface area contributed by atoms with Gasteiger partial charge in [0, 0.05) is 23.3 Å². The fraction of sp³-hybridized carbons (Fsp3) is 0.167. The smallest absolute Gasteiger partial charge is 0.334 e. The minimum Gasteiger partial charge on any atom is -0.462 e. The van der Waals surface area contributed by atoms with E-state index in [0.29, 0.717) is 23.6 Å². The second kappa shape index (κ2) is 6.42. The van der Waals surface area contributed by atoms with Gasteiger partial charge in [0.05, 0.1) is 11.5 Å². The molecule has 2 aromatic rings. The molecule has 124 valence electrons. The molecule has 6 heteroatoms. The van der Waals surface area contributed by atoms with E-state index in [-0.39, 0.29) is 10.9 Å². The molecule has 1 saturated heterocycles. The Hall–Kier alpha value is -2.11. The molecule has 3 rings (SSSR count). The van der Waals surface area contributed by atoms with Crippen molar-refractivity contribution in [2.75, 3.05) is 12.9 Å². The highest BCUT2D eigenvalue weighted by molar-refractivity contribution is 7.90. The third-order valence-corrected chi connectivity index (χ3v) is 5.22. The van der Waals surface area contributed by atoms with Crippen molar-refractivity contribution >= 4 is 33.0 Å². The Balaban J connectivity index is 2.16. The molecule has 4 nitrogen and oxygen atoms in total. The number of cyclic esters (lactones) is 1. The molecule has 0 aromatic heterocycles. The number of hydrogen-bond donors (Lipinski definition) is 0. The fourth-order valence-electron chi connectivity index (χ4n) is 2.66. The number of carbonyl (C=O) groups excluding carboxylic acids is 1. The van der Waals surface area contributed by atoms with Gasteiger partial charge in [-0.25, -0.2) is 13.2 Å². The van der Waals surface area contributed by atoms with Gasteiger partial charge in [-0.05, 0) is 41.0 Å². The topological polar surface area (TPSA) is 60.4 Å². The summed E-state index contributed by atoms with van der Waals surface area (Å²) >= 11 is 5.95. The highest BCUT2D eigenvalue weighted by Crippen LogP contribution is 2.32. The average molecular weight is 363 g/mol. The standard InChI is InChI=1S/C18H15ClO4S/c1-24(21,22)15-8-4-13(5-9-15)17(16-10-11-23-18(16)20)12-2-6-14(19)7-3-12/h2-9H,10-11H2,1H3. The first-order valence-electron chi connectivity index (χ1n) is 7.33. The number of benzene rings is 2. The molecule has 0 bridgehead atoms. The van der Waals surface area contributed by atoms with Crippen molar-refractivity contribution in [3.05, 3.63) is 70.3 Å². The minimum absolute atomic E-state index is 0.237. The molecule has 0 spiro atoms. The normalized spacial score (nSPS) is 16.8. The first-order chi connectivity index (χ1) is 11.4. The van der Waals surface area contributed by atoms with Gasteiger partial charge in [0.25, 0.3) is 0 Å². The lowest BCUT2D eigenvalue weighted by molar-refractivity contribution is -0.135. The van der Waals surface area contributed by atoms with Crippen LogP contribution in [-0.2, 0) is 19.4 Å². The van der Waals surface area contributed by atoms with Gasteiger partial charge in [-0.3, -0.25) is 0 Å². The van der Waals surface area contributed by atoms with E-state index in [1.165, 1.54) is 0 Å². The summed E-state index contributed by atoms with van der Waals surface area (Å²) in [7, 11) is -3.27. The van der Waals surface area contributed by atoms with Crippen LogP contribution >= 0.6 is 11.6 Å². The maximum Gasteiger partial charge on any atom is 0.334 e. The Morgan fingerprint density at radius 2 is 1.54 bits per heavy atom. The molecule has 1 fully saturated rings. The molecule has 1 aliphatic heterocycles. The summed E-state index contributed by atoms with van der Waals surface area (Å²) in [6, 6.07) is 13.7. The minimum atomic E-state index is -3.27. The molecular formula is C18H15ClO4S. The van der Waals surface area contributed by atoms with Crippen LogP contribution < -0.4 is 0 Å². The molecule has 0 amide bonds. The van der Waals surface area contributed by atoms with Crippen LogP contribution in [0.5, 0.6) is 0 Å². The lowest BCUT2D eigenvalue weighted by Gasteiger charge is -2.12. The van der Waals surface area contributed by atoms with E-state index in [0.717, 1.165) is 23.0 Å². The van der Waals surface area contributed by atoms with Gasteiger partial charge >= 0.3 is 5.97 Å². The number of hydrogen-bond acceptors (Lipinski definition) is 4. The van der Waals surface area contributed by atoms with Crippen LogP contribution in [0.1, 0.15) is 17.5 Å². The molecule has 0 radical (unpaired) electrons. The van der Waals surface area contributed by atoms with Gasteiger partial charge in [0.2, 0.25) is 0 Å². The monoisotopic (exact) mass is 362 g/mol. The maximum atomic E-state index is 12.1. The van der Waals surface area contributed by atoms with E-state index in [9.17, 15) is 13.2 Å². The van der Waals surface area contributed by atoms with E-state index in [4.69, 9.17) is 16.3 Å². The van der Waals surface area contributed by atoms with Crippen molar-refractivity contribution in [3.8, 4) is 0 Å². The van der Waals surface area contributed by atoms with Crippen molar-refractivity contribution in [1.29, 1.82) is 0 Å². The summed E-state index contributed by atoms with van der Waals surface area (Å²) in [5.74, 6) is -0.341. The first-order valence-corrected chi connectivity index (χ1v) is 9.60. The Labute approximate surface area is 145 Å². The van der Waals surface area contributed by atoms with Crippen LogP contribution in [0.15, 0.2) is 59.0 Å². The quantitative estimate of drug-likeness (QED) is 0.619. The van der Waals surface area contributed by atoms with Crippen molar-refractivity contribution < 1.29 is 17.9 Å². The second-order valence-electron chi connectivity index (χ2n) is 5.54. The van der Waals surface area contributed by atoms with E-state index < -0.39 is 9.84 Å². The van der Waals surface area contributed by atoms with Gasteiger partial charge in [-0.1, -0.05) is 35.9 Å². The van der Waals surface area contributed by atoms with Crippen LogP contribution in [0.3, 0.4) is 0 Å². The molecule has 1 heterocycles. The third-order valence-electron chi connectivity index (χ3n) is 3.84. The van der Waals surface area contributed by atoms with Crippen molar-refractivity contribution in [3.63, 3.8) is 0 Å². The van der Waals surface area contributed by atoms with Gasteiger partial charge in [-0.2, -0.15) is 0 Å². The van der Waals surface area contributed by atoms with Gasteiger partial charge < -0.3 is 4.74 Å². The van der Waals surface area contributed by atoms with E-state index in [2.05, 4.69) is 0 Å². The van der Waals surface area contributed by atoms with Crippen LogP contribution in [0, 0.1) is 0 Å². The SMILES string of the molecule is CS(=O)(=O)c1ccc(C(=C2CCOC2=O)c2ccc(Cl)cc2)cc1. The number of rotatable bonds is 3. The molecular weight excluding hydrogens is 348 g/mol. The zero-order valence-electron chi connectivity index (χ0n) is 13.0. The Kier molecular flexibility index (Phi) is 4.47. The van der Waals surface area contributed by atoms with Crippen molar-refractivity contribution in [2.45, 2.75) is 11.3 Å². The highest BCUT2D eigenvalue weighted by Gasteiger charge is 2.25. The maximum absolute atomic E-state index is 12.1. The van der Waals surface area contributed by atoms with Crippen LogP contribution in [0.2, 0.25) is 5.02 Å². The summed E-state index contributed by atoms with van der Waals surface area (Å²) in [6.07, 6.45) is 1.68. The Morgan fingerprint density at radius 1 is 1.00 bits per heavy atom. The molecule has 0 aliphatic carbocycles. The van der Waals surface area contributed by atoms with Gasteiger partial charge in [0.1, 0.15) is 0 Å². The van der Waals surface area contributed by atoms with Gasteiger partial charge in [0.15, 0.2) is 9.84 Å². The molecule has 1 aliphatic rings. The number of ether oxygens (including phenoxy) is 1. The summed E-state index contributed by atoms with van der Waals surface area (Å²) in [4.78, 5) is 12.3. The lowest BCUT2D eigenvalue weighted by Crippen LogP contribution is -2.02. The van der Waals surface area contributed by atoms with E-state index in [1.807, 2.05) is 12.1 Å². The van der Waals surface area contributed by atoms with Crippen LogP contribution in [-0.4, -0.2) is 27.2 Å². The van der Waals surface area contributed by atoms with Crippen molar-refractivity contribution in [2.24, 2.45) is 0 Å². The molecule has 24 heavy (non-hydrogen) atoms. The van der Waals surface area contributed by atoms with Gasteiger partial charge in [-0.15, -0.1) is 0 Å². The second-order valence-corrected chi connectivity index (χ2v) is 8.00. The predicted octanol–water partition coefficient (Wildman–Crippen LogP) is 3.49. The lowest BCUT2D eigenvalue weighted by atomic mass is 9.92. The number of halogens is 1. The summed E-state index contributed by atoms with van der Waals surface area (Å²) in [5, 5.41) is 0.601. The zero-order chi connectivity index (χ0) is 17.3. The largest absolute Gasteiger partial charge is 0.462 e. The highest BCUT2D eigenvalue weighted by atomic mass is 35.5. The summed E-state index contributed by atoms with van der Waals surface area (Å²) < 4.78 is 28.3. The number of sulfone groups is 1. The first kappa shape index (κ1) is 16.7. The molecule has 0 atom stereocenters. The average Bonchev–Trinajstić information content (AvgIpc) is 2.95. The van der Waals surface area contributed by atoms with Crippen molar-refractivity contribution in [1.82, 2.24) is 0 Å². The van der Waals surface area contributed by atoms with E-state index in [1.54, 1.807) is 36.4 Å². The fourth-order valence-corrected chi connectivity index (χ4v) is 3.42. The Morgan fingerprint density at radius 3 is 2.00 bits per heavy atom. The zero-order valence-corrected chi connectivity index (χ0v) is 14.5. The number of esters is 1. The Bertz CT molecular complexity index is 910. The molecule has 0 N–H and O–H groups in total. The summed E-state index contributed by atoms with van der Waals surface area (Å²) in [6.45, 7) is 0.354. The molecule has 2 aromatic carbocycles. The predicted molar refractivity (Wildman–Crippen MR) is 92.6 cm³/mol. The molecule has 0 saturated carbocycles. The summed E-state index contributed by atoms with van der Waals surface area (Å²) in [5.41, 5.74) is 2.93.